The topological polar surface area (TPSA) is 69.6 Å². The van der Waals surface area contributed by atoms with Gasteiger partial charge in [0.15, 0.2) is 0 Å². The van der Waals surface area contributed by atoms with Gasteiger partial charge in [0.1, 0.15) is 0 Å². The first-order chi connectivity index (χ1) is 10.1. The second-order valence-electron chi connectivity index (χ2n) is 5.19. The lowest BCUT2D eigenvalue weighted by Gasteiger charge is -2.32. The Bertz CT molecular complexity index is 513. The molecule has 0 spiro atoms. The second kappa shape index (κ2) is 7.45. The molecule has 2 rings (SSSR count). The van der Waals surface area contributed by atoms with Gasteiger partial charge in [-0.1, -0.05) is 28.1 Å². The van der Waals surface area contributed by atoms with Crippen molar-refractivity contribution in [2.75, 3.05) is 19.6 Å². The van der Waals surface area contributed by atoms with Crippen molar-refractivity contribution in [2.45, 2.75) is 25.2 Å². The Morgan fingerprint density at radius 1 is 1.33 bits per heavy atom. The van der Waals surface area contributed by atoms with Crippen molar-refractivity contribution < 1.29 is 14.7 Å². The third-order valence-corrected chi connectivity index (χ3v) is 4.21. The number of nitrogens with one attached hydrogen (secondary N) is 1. The smallest absolute Gasteiger partial charge is 0.317 e. The van der Waals surface area contributed by atoms with Crippen molar-refractivity contribution in [3.05, 3.63) is 34.3 Å². The van der Waals surface area contributed by atoms with Gasteiger partial charge in [-0.15, -0.1) is 0 Å². The number of rotatable bonds is 4. The van der Waals surface area contributed by atoms with E-state index in [0.717, 1.165) is 17.3 Å². The molecule has 114 valence electrons. The van der Waals surface area contributed by atoms with Gasteiger partial charge in [0.25, 0.3) is 0 Å². The van der Waals surface area contributed by atoms with Crippen LogP contribution in [0.5, 0.6) is 0 Å². The maximum Gasteiger partial charge on any atom is 0.317 e. The number of nitrogens with zero attached hydrogens (tertiary/aromatic N) is 1. The summed E-state index contributed by atoms with van der Waals surface area (Å²) in [6, 6.07) is 8.13. The predicted octanol–water partition coefficient (Wildman–Crippen LogP) is 2.81. The van der Waals surface area contributed by atoms with Crippen molar-refractivity contribution in [3.8, 4) is 0 Å². The summed E-state index contributed by atoms with van der Waals surface area (Å²) in [7, 11) is 0. The van der Waals surface area contributed by atoms with Gasteiger partial charge in [-0.05, 0) is 36.5 Å². The van der Waals surface area contributed by atoms with E-state index in [2.05, 4.69) is 33.4 Å². The molecule has 1 aliphatic rings. The van der Waals surface area contributed by atoms with Gasteiger partial charge < -0.3 is 15.3 Å². The van der Waals surface area contributed by atoms with Gasteiger partial charge in [-0.3, -0.25) is 4.79 Å². The third-order valence-electron chi connectivity index (χ3n) is 3.72. The number of piperidine rings is 1. The van der Waals surface area contributed by atoms with Crippen LogP contribution in [0.3, 0.4) is 0 Å². The highest BCUT2D eigenvalue weighted by atomic mass is 79.9. The van der Waals surface area contributed by atoms with Crippen molar-refractivity contribution in [3.63, 3.8) is 0 Å². The molecular weight excluding hydrogens is 336 g/mol. The molecule has 1 aliphatic heterocycles. The summed E-state index contributed by atoms with van der Waals surface area (Å²) >= 11 is 3.48. The van der Waals surface area contributed by atoms with Crippen LogP contribution in [-0.2, 0) is 4.79 Å². The van der Waals surface area contributed by atoms with Gasteiger partial charge in [-0.25, -0.2) is 4.79 Å². The van der Waals surface area contributed by atoms with E-state index in [4.69, 9.17) is 5.11 Å². The Hall–Kier alpha value is -1.56. The maximum absolute atomic E-state index is 11.9. The molecule has 0 atom stereocenters. The zero-order valence-corrected chi connectivity index (χ0v) is 13.3. The summed E-state index contributed by atoms with van der Waals surface area (Å²) in [4.78, 5) is 24.1. The molecule has 0 radical (unpaired) electrons. The first-order valence-corrected chi connectivity index (χ1v) is 7.85. The molecular formula is C15H19BrN2O3. The number of carbonyl (C=O) groups is 2. The van der Waals surface area contributed by atoms with Crippen LogP contribution in [0.25, 0.3) is 0 Å². The van der Waals surface area contributed by atoms with Crippen LogP contribution in [0.2, 0.25) is 0 Å². The molecule has 2 N–H and O–H groups in total. The molecule has 0 aliphatic carbocycles. The van der Waals surface area contributed by atoms with Crippen molar-refractivity contribution in [2.24, 2.45) is 0 Å². The standard InChI is InChI=1S/C15H19BrN2O3/c16-13-3-1-2-12(10-13)11-5-8-18(9-6-11)15(21)17-7-4-14(19)20/h1-3,10-11H,4-9H2,(H,17,21)(H,19,20). The van der Waals surface area contributed by atoms with Crippen LogP contribution in [0, 0.1) is 0 Å². The van der Waals surface area contributed by atoms with E-state index in [1.165, 1.54) is 5.56 Å². The van der Waals surface area contributed by atoms with Crippen LogP contribution in [0.4, 0.5) is 4.79 Å². The summed E-state index contributed by atoms with van der Waals surface area (Å²) in [5, 5.41) is 11.2. The molecule has 0 aromatic heterocycles. The summed E-state index contributed by atoms with van der Waals surface area (Å²) in [6.07, 6.45) is 1.83. The molecule has 1 aromatic carbocycles. The van der Waals surface area contributed by atoms with E-state index in [0.29, 0.717) is 19.0 Å². The summed E-state index contributed by atoms with van der Waals surface area (Å²) < 4.78 is 1.08. The molecule has 1 fully saturated rings. The molecule has 1 saturated heterocycles. The first kappa shape index (κ1) is 15.8. The van der Waals surface area contributed by atoms with Gasteiger partial charge in [-0.2, -0.15) is 0 Å². The lowest BCUT2D eigenvalue weighted by atomic mass is 9.90. The minimum atomic E-state index is -0.899. The van der Waals surface area contributed by atoms with Crippen LogP contribution < -0.4 is 5.32 Å². The Labute approximate surface area is 132 Å². The highest BCUT2D eigenvalue weighted by molar-refractivity contribution is 9.10. The number of likely N-dealkylation sites (tertiary alicyclic amines) is 1. The monoisotopic (exact) mass is 354 g/mol. The molecule has 5 nitrogen and oxygen atoms in total. The zero-order valence-electron chi connectivity index (χ0n) is 11.7. The number of amides is 2. The summed E-state index contributed by atoms with van der Waals surface area (Å²) in [6.45, 7) is 1.59. The van der Waals surface area contributed by atoms with E-state index in [9.17, 15) is 9.59 Å². The molecule has 21 heavy (non-hydrogen) atoms. The molecule has 0 bridgehead atoms. The normalized spacial score (nSPS) is 15.8. The van der Waals surface area contributed by atoms with Crippen LogP contribution in [-0.4, -0.2) is 41.6 Å². The molecule has 1 aromatic rings. The third kappa shape index (κ3) is 4.74. The molecule has 6 heteroatoms. The van der Waals surface area contributed by atoms with E-state index in [1.54, 1.807) is 4.90 Å². The van der Waals surface area contributed by atoms with Gasteiger partial charge in [0.05, 0.1) is 6.42 Å². The van der Waals surface area contributed by atoms with E-state index >= 15 is 0 Å². The van der Waals surface area contributed by atoms with Gasteiger partial charge in [0.2, 0.25) is 0 Å². The largest absolute Gasteiger partial charge is 0.481 e. The fourth-order valence-electron chi connectivity index (χ4n) is 2.56. The summed E-state index contributed by atoms with van der Waals surface area (Å²) in [5.41, 5.74) is 1.30. The van der Waals surface area contributed by atoms with Crippen molar-refractivity contribution in [1.29, 1.82) is 0 Å². The number of carbonyl (C=O) groups excluding carboxylic acids is 1. The van der Waals surface area contributed by atoms with Crippen molar-refractivity contribution in [1.82, 2.24) is 10.2 Å². The van der Waals surface area contributed by atoms with E-state index in [1.807, 2.05) is 12.1 Å². The number of hydrogen-bond acceptors (Lipinski definition) is 2. The number of hydrogen-bond donors (Lipinski definition) is 2. The Kier molecular flexibility index (Phi) is 5.61. The lowest BCUT2D eigenvalue weighted by Crippen LogP contribution is -2.44. The fourth-order valence-corrected chi connectivity index (χ4v) is 2.98. The van der Waals surface area contributed by atoms with Gasteiger partial charge >= 0.3 is 12.0 Å². The zero-order chi connectivity index (χ0) is 15.2. The highest BCUT2D eigenvalue weighted by Crippen LogP contribution is 2.29. The Morgan fingerprint density at radius 3 is 2.67 bits per heavy atom. The minimum absolute atomic E-state index is 0.0414. The Balaban J connectivity index is 1.80. The average molecular weight is 355 g/mol. The molecule has 1 heterocycles. The molecule has 0 unspecified atom stereocenters. The van der Waals surface area contributed by atoms with Gasteiger partial charge in [0, 0.05) is 24.1 Å². The van der Waals surface area contributed by atoms with Crippen molar-refractivity contribution >= 4 is 27.9 Å². The summed E-state index contributed by atoms with van der Waals surface area (Å²) in [5.74, 6) is -0.422. The Morgan fingerprint density at radius 2 is 2.05 bits per heavy atom. The second-order valence-corrected chi connectivity index (χ2v) is 6.11. The van der Waals surface area contributed by atoms with E-state index in [-0.39, 0.29) is 19.0 Å². The number of halogens is 1. The number of carboxylic acids is 1. The predicted molar refractivity (Wildman–Crippen MR) is 83.3 cm³/mol. The number of aliphatic carboxylic acids is 1. The number of carboxylic acid groups (broad SMARTS) is 1. The highest BCUT2D eigenvalue weighted by Gasteiger charge is 2.23. The number of urea groups is 1. The first-order valence-electron chi connectivity index (χ1n) is 7.06. The molecule has 2 amide bonds. The van der Waals surface area contributed by atoms with E-state index < -0.39 is 5.97 Å². The SMILES string of the molecule is O=C(O)CCNC(=O)N1CCC(c2cccc(Br)c2)CC1. The van der Waals surface area contributed by atoms with Crippen LogP contribution in [0.1, 0.15) is 30.7 Å². The maximum atomic E-state index is 11.9. The van der Waals surface area contributed by atoms with Crippen LogP contribution >= 0.6 is 15.9 Å². The number of benzene rings is 1. The minimum Gasteiger partial charge on any atom is -0.481 e. The molecule has 0 saturated carbocycles. The van der Waals surface area contributed by atoms with Crippen LogP contribution in [0.15, 0.2) is 28.7 Å². The fraction of sp³-hybridized carbons (Fsp3) is 0.467. The average Bonchev–Trinajstić information content (AvgIpc) is 2.47. The quantitative estimate of drug-likeness (QED) is 0.873. The lowest BCUT2D eigenvalue weighted by molar-refractivity contribution is -0.136.